The fraction of sp³-hybridized carbons (Fsp3) is 0.312. The number of carbonyl (C=O) groups is 2. The minimum atomic E-state index is -0.847. The fourth-order valence-electron chi connectivity index (χ4n) is 2.54. The Balaban J connectivity index is 1.55. The van der Waals surface area contributed by atoms with Crippen molar-refractivity contribution in [2.45, 2.75) is 13.0 Å². The van der Waals surface area contributed by atoms with Gasteiger partial charge in [-0.1, -0.05) is 23.7 Å². The van der Waals surface area contributed by atoms with Crippen molar-refractivity contribution in [1.29, 1.82) is 0 Å². The smallest absolute Gasteiger partial charge is 0.317 e. The molecule has 24 heavy (non-hydrogen) atoms. The first-order valence-electron chi connectivity index (χ1n) is 7.49. The van der Waals surface area contributed by atoms with Crippen LogP contribution in [0.25, 0.3) is 10.6 Å². The molecule has 1 aliphatic rings. The number of carboxylic acid groups (broad SMARTS) is 1. The van der Waals surface area contributed by atoms with Crippen molar-refractivity contribution in [3.8, 4) is 10.6 Å². The summed E-state index contributed by atoms with van der Waals surface area (Å²) >= 11 is 7.38. The van der Waals surface area contributed by atoms with Crippen LogP contribution >= 0.6 is 22.9 Å². The van der Waals surface area contributed by atoms with Gasteiger partial charge in [-0.25, -0.2) is 9.78 Å². The molecular formula is C16H16ClN3O3S. The molecule has 2 heterocycles. The van der Waals surface area contributed by atoms with E-state index in [2.05, 4.69) is 10.3 Å². The van der Waals surface area contributed by atoms with E-state index in [4.69, 9.17) is 16.7 Å². The molecule has 2 amide bonds. The van der Waals surface area contributed by atoms with Crippen LogP contribution in [0.1, 0.15) is 11.3 Å². The van der Waals surface area contributed by atoms with Crippen molar-refractivity contribution in [3.63, 3.8) is 0 Å². The van der Waals surface area contributed by atoms with E-state index in [-0.39, 0.29) is 12.6 Å². The Morgan fingerprint density at radius 2 is 2.12 bits per heavy atom. The predicted molar refractivity (Wildman–Crippen MR) is 92.1 cm³/mol. The molecule has 0 saturated carbocycles. The van der Waals surface area contributed by atoms with Crippen molar-refractivity contribution >= 4 is 34.9 Å². The van der Waals surface area contributed by atoms with E-state index in [1.807, 2.05) is 24.3 Å². The minimum absolute atomic E-state index is 0.236. The Morgan fingerprint density at radius 3 is 2.79 bits per heavy atom. The number of aromatic nitrogens is 1. The largest absolute Gasteiger partial charge is 0.481 e. The number of hydrogen-bond donors (Lipinski definition) is 2. The van der Waals surface area contributed by atoms with Gasteiger partial charge >= 0.3 is 12.0 Å². The molecule has 0 spiro atoms. The molecule has 0 aliphatic carbocycles. The van der Waals surface area contributed by atoms with Crippen LogP contribution in [0.15, 0.2) is 30.5 Å². The first-order valence-corrected chi connectivity index (χ1v) is 8.68. The van der Waals surface area contributed by atoms with Crippen molar-refractivity contribution in [2.24, 2.45) is 5.92 Å². The van der Waals surface area contributed by atoms with Crippen LogP contribution in [0.2, 0.25) is 5.02 Å². The van der Waals surface area contributed by atoms with E-state index < -0.39 is 11.9 Å². The number of aliphatic carboxylic acids is 1. The molecule has 6 nitrogen and oxygen atoms in total. The average Bonchev–Trinajstić information content (AvgIpc) is 3.23. The van der Waals surface area contributed by atoms with Crippen molar-refractivity contribution in [1.82, 2.24) is 15.2 Å². The van der Waals surface area contributed by atoms with Gasteiger partial charge in [0.1, 0.15) is 5.01 Å². The molecule has 126 valence electrons. The van der Waals surface area contributed by atoms with Gasteiger partial charge in [0.15, 0.2) is 0 Å². The summed E-state index contributed by atoms with van der Waals surface area (Å²) in [7, 11) is 0. The zero-order valence-corrected chi connectivity index (χ0v) is 14.3. The number of thiazole rings is 1. The highest BCUT2D eigenvalue weighted by Crippen LogP contribution is 2.26. The quantitative estimate of drug-likeness (QED) is 0.872. The van der Waals surface area contributed by atoms with Gasteiger partial charge in [-0.2, -0.15) is 0 Å². The number of benzene rings is 1. The van der Waals surface area contributed by atoms with E-state index in [0.29, 0.717) is 24.5 Å². The maximum Gasteiger partial charge on any atom is 0.317 e. The molecular weight excluding hydrogens is 350 g/mol. The lowest BCUT2D eigenvalue weighted by molar-refractivity contribution is -0.141. The summed E-state index contributed by atoms with van der Waals surface area (Å²) in [5.41, 5.74) is 0.978. The molecule has 1 atom stereocenters. The SMILES string of the molecule is O=C(O)C1CCN(C(=O)NCc2cnc(-c3ccc(Cl)cc3)s2)C1. The summed E-state index contributed by atoms with van der Waals surface area (Å²) in [4.78, 5) is 29.9. The number of carboxylic acids is 1. The Morgan fingerprint density at radius 1 is 1.38 bits per heavy atom. The summed E-state index contributed by atoms with van der Waals surface area (Å²) < 4.78 is 0. The maximum absolute atomic E-state index is 12.1. The normalized spacial score (nSPS) is 17.0. The van der Waals surface area contributed by atoms with Gasteiger partial charge in [-0.15, -0.1) is 11.3 Å². The Kier molecular flexibility index (Phi) is 5.01. The lowest BCUT2D eigenvalue weighted by Crippen LogP contribution is -2.38. The number of urea groups is 1. The molecule has 1 aromatic carbocycles. The molecule has 0 radical (unpaired) electrons. The topological polar surface area (TPSA) is 82.5 Å². The van der Waals surface area contributed by atoms with E-state index in [9.17, 15) is 9.59 Å². The van der Waals surface area contributed by atoms with Crippen LogP contribution < -0.4 is 5.32 Å². The van der Waals surface area contributed by atoms with Crippen LogP contribution in [0.3, 0.4) is 0 Å². The van der Waals surface area contributed by atoms with Gasteiger partial charge in [-0.05, 0) is 18.6 Å². The van der Waals surface area contributed by atoms with Gasteiger partial charge in [-0.3, -0.25) is 4.79 Å². The maximum atomic E-state index is 12.1. The molecule has 8 heteroatoms. The molecule has 1 aliphatic heterocycles. The minimum Gasteiger partial charge on any atom is -0.481 e. The Hall–Kier alpha value is -2.12. The van der Waals surface area contributed by atoms with E-state index in [1.54, 1.807) is 11.1 Å². The zero-order chi connectivity index (χ0) is 17.1. The standard InChI is InChI=1S/C16H16ClN3O3S/c17-12-3-1-10(2-4-12)14-18-7-13(24-14)8-19-16(23)20-6-5-11(9-20)15(21)22/h1-4,7,11H,5-6,8-9H2,(H,19,23)(H,21,22). The van der Waals surface area contributed by atoms with Crippen LogP contribution in [0.5, 0.6) is 0 Å². The number of nitrogens with zero attached hydrogens (tertiary/aromatic N) is 2. The van der Waals surface area contributed by atoms with Crippen molar-refractivity contribution in [2.75, 3.05) is 13.1 Å². The van der Waals surface area contributed by atoms with Crippen LogP contribution in [-0.2, 0) is 11.3 Å². The fourth-order valence-corrected chi connectivity index (χ4v) is 3.52. The highest BCUT2D eigenvalue weighted by molar-refractivity contribution is 7.15. The molecule has 1 fully saturated rings. The first kappa shape index (κ1) is 16.7. The van der Waals surface area contributed by atoms with Gasteiger partial charge in [0, 0.05) is 34.7 Å². The summed E-state index contributed by atoms with van der Waals surface area (Å²) in [5, 5.41) is 13.3. The number of hydrogen-bond acceptors (Lipinski definition) is 4. The van der Waals surface area contributed by atoms with Crippen LogP contribution in [0, 0.1) is 5.92 Å². The zero-order valence-electron chi connectivity index (χ0n) is 12.7. The number of amides is 2. The third-order valence-corrected chi connectivity index (χ3v) is 5.18. The van der Waals surface area contributed by atoms with Gasteiger partial charge in [0.05, 0.1) is 12.5 Å². The van der Waals surface area contributed by atoms with E-state index in [0.717, 1.165) is 15.4 Å². The predicted octanol–water partition coefficient (Wildman–Crippen LogP) is 3.08. The summed E-state index contributed by atoms with van der Waals surface area (Å²) in [6.45, 7) is 1.11. The molecule has 2 N–H and O–H groups in total. The summed E-state index contributed by atoms with van der Waals surface area (Å²) in [6, 6.07) is 7.19. The number of halogens is 1. The Labute approximate surface area is 148 Å². The third-order valence-electron chi connectivity index (χ3n) is 3.88. The summed E-state index contributed by atoms with van der Waals surface area (Å²) in [5.74, 6) is -1.31. The van der Waals surface area contributed by atoms with Crippen molar-refractivity contribution < 1.29 is 14.7 Å². The van der Waals surface area contributed by atoms with Crippen LogP contribution in [-0.4, -0.2) is 40.1 Å². The number of likely N-dealkylation sites (tertiary alicyclic amines) is 1. The van der Waals surface area contributed by atoms with Crippen LogP contribution in [0.4, 0.5) is 4.79 Å². The molecule has 1 saturated heterocycles. The second-order valence-corrected chi connectivity index (χ2v) is 7.12. The lowest BCUT2D eigenvalue weighted by atomic mass is 10.1. The third kappa shape index (κ3) is 3.85. The molecule has 3 rings (SSSR count). The Bertz CT molecular complexity index is 747. The molecule has 2 aromatic rings. The van der Waals surface area contributed by atoms with E-state index in [1.165, 1.54) is 11.3 Å². The molecule has 1 aromatic heterocycles. The average molecular weight is 366 g/mol. The van der Waals surface area contributed by atoms with Gasteiger partial charge in [0.2, 0.25) is 0 Å². The first-order chi connectivity index (χ1) is 11.5. The van der Waals surface area contributed by atoms with E-state index >= 15 is 0 Å². The number of nitrogens with one attached hydrogen (secondary N) is 1. The van der Waals surface area contributed by atoms with Gasteiger partial charge in [0.25, 0.3) is 0 Å². The van der Waals surface area contributed by atoms with Crippen molar-refractivity contribution in [3.05, 3.63) is 40.4 Å². The second-order valence-electron chi connectivity index (χ2n) is 5.57. The monoisotopic (exact) mass is 365 g/mol. The summed E-state index contributed by atoms with van der Waals surface area (Å²) in [6.07, 6.45) is 2.24. The highest BCUT2D eigenvalue weighted by Gasteiger charge is 2.30. The number of rotatable bonds is 4. The van der Waals surface area contributed by atoms with Gasteiger partial charge < -0.3 is 15.3 Å². The second kappa shape index (κ2) is 7.19. The lowest BCUT2D eigenvalue weighted by Gasteiger charge is -2.16. The number of carbonyl (C=O) groups excluding carboxylic acids is 1. The molecule has 1 unspecified atom stereocenters. The highest BCUT2D eigenvalue weighted by atomic mass is 35.5. The molecule has 0 bridgehead atoms.